The van der Waals surface area contributed by atoms with Crippen molar-refractivity contribution < 1.29 is 127 Å². The number of carbonyl (C=O) groups is 2. The van der Waals surface area contributed by atoms with Crippen LogP contribution in [-0.4, -0.2) is 32.7 Å². The molecule has 1 aromatic carbocycles. The summed E-state index contributed by atoms with van der Waals surface area (Å²) in [6.07, 6.45) is 4.21. The number of hydrogen-bond acceptors (Lipinski definition) is 7. The van der Waals surface area contributed by atoms with Crippen molar-refractivity contribution in [1.82, 2.24) is 15.0 Å². The number of ketones is 2. The number of benzene rings is 1. The Morgan fingerprint density at radius 2 is 1.41 bits per heavy atom. The van der Waals surface area contributed by atoms with Crippen LogP contribution in [-0.2, 0) is 11.1 Å². The van der Waals surface area contributed by atoms with E-state index in [1.807, 2.05) is 0 Å². The van der Waals surface area contributed by atoms with Crippen LogP contribution in [0.15, 0.2) is 24.3 Å². The quantitative estimate of drug-likeness (QED) is 0.176. The van der Waals surface area contributed by atoms with Crippen LogP contribution in [0, 0.1) is 0 Å². The number of hydrogen-bond donors (Lipinski definition) is 0. The summed E-state index contributed by atoms with van der Waals surface area (Å²) in [6.45, 7) is 0.486. The predicted molar refractivity (Wildman–Crippen MR) is 93.5 cm³/mol. The summed E-state index contributed by atoms with van der Waals surface area (Å²) in [5.41, 5.74) is 1.11. The second-order valence-electron chi connectivity index (χ2n) is 6.67. The molecule has 144 valence electrons. The summed E-state index contributed by atoms with van der Waals surface area (Å²) in [6, 6.07) is 6.70. The van der Waals surface area contributed by atoms with Gasteiger partial charge in [-0.2, -0.15) is 0 Å². The molecule has 0 spiro atoms. The zero-order valence-electron chi connectivity index (χ0n) is 16.8. The average Bonchev–Trinajstić information content (AvgIpc) is 3.05. The first-order chi connectivity index (χ1) is 12.9. The van der Waals surface area contributed by atoms with Gasteiger partial charge in [0.2, 0.25) is 11.6 Å². The standard InChI is InChI=1S/C18H22N3O5P.2K/c22-17-13-9-5-6-10-14(13)18(23)16-15(17)19-20-21(16)11-7-3-1-2-4-8-12-27(24,25)26;;/h5-6,9-10H,1-4,7-8,11-12H2,(H2,24,25,26);;/q;2*+1/p-2. The van der Waals surface area contributed by atoms with Gasteiger partial charge in [-0.25, -0.2) is 4.68 Å². The molecule has 1 aromatic heterocycles. The Morgan fingerprint density at radius 1 is 0.862 bits per heavy atom. The van der Waals surface area contributed by atoms with Crippen molar-refractivity contribution in [3.05, 3.63) is 46.8 Å². The molecule has 2 aromatic rings. The van der Waals surface area contributed by atoms with Gasteiger partial charge in [-0.05, 0) is 19.0 Å². The van der Waals surface area contributed by atoms with Crippen LogP contribution >= 0.6 is 7.60 Å². The van der Waals surface area contributed by atoms with Gasteiger partial charge in [0.05, 0.1) is 0 Å². The maximum Gasteiger partial charge on any atom is 1.00 e. The van der Waals surface area contributed by atoms with Crippen LogP contribution in [0.1, 0.15) is 70.6 Å². The summed E-state index contributed by atoms with van der Waals surface area (Å²) in [7, 11) is -4.38. The number of aryl methyl sites for hydroxylation is 1. The Kier molecular flexibility index (Phi) is 12.6. The Bertz CT molecular complexity index is 913. The van der Waals surface area contributed by atoms with E-state index in [1.54, 1.807) is 24.3 Å². The molecule has 0 unspecified atom stereocenters. The van der Waals surface area contributed by atoms with E-state index in [4.69, 9.17) is 0 Å². The van der Waals surface area contributed by atoms with Crippen molar-refractivity contribution >= 4 is 19.2 Å². The first-order valence-corrected chi connectivity index (χ1v) is 10.7. The van der Waals surface area contributed by atoms with Gasteiger partial charge in [-0.3, -0.25) is 9.59 Å². The monoisotopic (exact) mass is 467 g/mol. The molecule has 0 bridgehead atoms. The van der Waals surface area contributed by atoms with Crippen LogP contribution in [0.5, 0.6) is 0 Å². The van der Waals surface area contributed by atoms with Crippen molar-refractivity contribution in [2.45, 2.75) is 45.1 Å². The van der Waals surface area contributed by atoms with Crippen LogP contribution in [0.3, 0.4) is 0 Å². The number of carbonyl (C=O) groups excluding carboxylic acids is 2. The maximum atomic E-state index is 12.7. The molecule has 0 amide bonds. The van der Waals surface area contributed by atoms with E-state index in [2.05, 4.69) is 10.3 Å². The van der Waals surface area contributed by atoms with Gasteiger partial charge in [0, 0.05) is 17.7 Å². The van der Waals surface area contributed by atoms with Crippen molar-refractivity contribution in [2.24, 2.45) is 0 Å². The summed E-state index contributed by atoms with van der Waals surface area (Å²) < 4.78 is 12.0. The molecule has 11 heteroatoms. The minimum atomic E-state index is -4.38. The molecule has 0 saturated carbocycles. The average molecular weight is 468 g/mol. The molecule has 1 heterocycles. The first kappa shape index (κ1) is 28.2. The van der Waals surface area contributed by atoms with Crippen molar-refractivity contribution in [3.63, 3.8) is 0 Å². The molecule has 1 aliphatic rings. The number of fused-ring (bicyclic) bond motifs is 2. The van der Waals surface area contributed by atoms with Gasteiger partial charge in [0.15, 0.2) is 5.69 Å². The van der Waals surface area contributed by atoms with E-state index >= 15 is 0 Å². The molecule has 29 heavy (non-hydrogen) atoms. The van der Waals surface area contributed by atoms with E-state index in [-0.39, 0.29) is 132 Å². The maximum absolute atomic E-state index is 12.7. The number of rotatable bonds is 9. The molecule has 0 saturated heterocycles. The largest absolute Gasteiger partial charge is 1.00 e. The summed E-state index contributed by atoms with van der Waals surface area (Å²) in [5, 5.41) is 7.89. The minimum absolute atomic E-state index is 0. The molecule has 1 aliphatic carbocycles. The molecule has 0 N–H and O–H groups in total. The predicted octanol–water partition coefficient (Wildman–Crippen LogP) is -4.68. The fourth-order valence-corrected chi connectivity index (χ4v) is 3.87. The summed E-state index contributed by atoms with van der Waals surface area (Å²) in [4.78, 5) is 46.3. The van der Waals surface area contributed by atoms with E-state index in [0.29, 0.717) is 30.5 Å². The van der Waals surface area contributed by atoms with Gasteiger partial charge >= 0.3 is 103 Å². The van der Waals surface area contributed by atoms with E-state index in [1.165, 1.54) is 4.68 Å². The van der Waals surface area contributed by atoms with Gasteiger partial charge < -0.3 is 14.4 Å². The van der Waals surface area contributed by atoms with Crippen LogP contribution in [0.25, 0.3) is 0 Å². The number of unbranched alkanes of at least 4 members (excludes halogenated alkanes) is 5. The Hall–Kier alpha value is 1.12. The van der Waals surface area contributed by atoms with E-state index in [0.717, 1.165) is 25.7 Å². The summed E-state index contributed by atoms with van der Waals surface area (Å²) in [5.74, 6) is -0.509. The fourth-order valence-electron chi connectivity index (χ4n) is 3.26. The zero-order valence-corrected chi connectivity index (χ0v) is 23.9. The second kappa shape index (κ2) is 13.0. The topological polar surface area (TPSA) is 128 Å². The minimum Gasteiger partial charge on any atom is -0.811 e. The van der Waals surface area contributed by atoms with Crippen LogP contribution in [0.4, 0.5) is 0 Å². The Balaban J connectivity index is 0.00000210. The van der Waals surface area contributed by atoms with Crippen molar-refractivity contribution in [3.8, 4) is 0 Å². The van der Waals surface area contributed by atoms with Crippen LogP contribution < -0.4 is 113 Å². The number of nitrogens with zero attached hydrogens (tertiary/aromatic N) is 3. The van der Waals surface area contributed by atoms with Crippen molar-refractivity contribution in [2.75, 3.05) is 6.16 Å². The van der Waals surface area contributed by atoms with Crippen molar-refractivity contribution in [1.29, 1.82) is 0 Å². The molecule has 8 nitrogen and oxygen atoms in total. The van der Waals surface area contributed by atoms with E-state index in [9.17, 15) is 23.9 Å². The van der Waals surface area contributed by atoms with Gasteiger partial charge in [-0.1, -0.05) is 62.8 Å². The third-order valence-corrected chi connectivity index (χ3v) is 5.50. The van der Waals surface area contributed by atoms with E-state index < -0.39 is 7.60 Å². The SMILES string of the molecule is O=C1c2ccccc2C(=O)c2c1nnn2CCCCCCCCP(=O)([O-])[O-].[K+].[K+]. The third-order valence-electron chi connectivity index (χ3n) is 4.63. The smallest absolute Gasteiger partial charge is 0.811 e. The fraction of sp³-hybridized carbons (Fsp3) is 0.444. The summed E-state index contributed by atoms with van der Waals surface area (Å²) >= 11 is 0. The van der Waals surface area contributed by atoms with Gasteiger partial charge in [-0.15, -0.1) is 5.10 Å². The Morgan fingerprint density at radius 3 is 2.03 bits per heavy atom. The molecule has 3 rings (SSSR count). The molecule has 0 aliphatic heterocycles. The second-order valence-corrected chi connectivity index (χ2v) is 8.34. The van der Waals surface area contributed by atoms with Gasteiger partial charge in [0.1, 0.15) is 5.69 Å². The number of aromatic nitrogens is 3. The molecule has 0 radical (unpaired) electrons. The normalized spacial score (nSPS) is 12.6. The molecule has 0 fully saturated rings. The molecular weight excluding hydrogens is 447 g/mol. The third kappa shape index (κ3) is 7.59. The Labute approximate surface area is 254 Å². The zero-order chi connectivity index (χ0) is 19.4. The van der Waals surface area contributed by atoms with Crippen LogP contribution in [0.2, 0.25) is 0 Å². The molecule has 0 atom stereocenters. The first-order valence-electron chi connectivity index (χ1n) is 9.01. The van der Waals surface area contributed by atoms with Gasteiger partial charge in [0.25, 0.3) is 0 Å². The molecular formula is C18H20K2N3O5P.